The average molecular weight is 661 g/mol. The van der Waals surface area contributed by atoms with Crippen molar-refractivity contribution in [3.8, 4) is 0 Å². The molecule has 0 radical (unpaired) electrons. The average Bonchev–Trinajstić information content (AvgIpc) is 3.05. The summed E-state index contributed by atoms with van der Waals surface area (Å²) in [5.41, 5.74) is 0. The number of unbranched alkanes of at least 4 members (excludes halogenated alkanes) is 27. The summed E-state index contributed by atoms with van der Waals surface area (Å²) < 4.78 is 5.02. The van der Waals surface area contributed by atoms with Crippen molar-refractivity contribution in [1.29, 1.82) is 0 Å². The van der Waals surface area contributed by atoms with E-state index in [4.69, 9.17) is 4.74 Å². The summed E-state index contributed by atoms with van der Waals surface area (Å²) in [5.74, 6) is -3.25. The van der Waals surface area contributed by atoms with Gasteiger partial charge < -0.3 is 9.84 Å². The van der Waals surface area contributed by atoms with Gasteiger partial charge in [-0.05, 0) is 44.9 Å². The first kappa shape index (κ1) is 45.1. The number of carboxylic acid groups (broad SMARTS) is 1. The lowest BCUT2D eigenvalue weighted by atomic mass is 10.0. The summed E-state index contributed by atoms with van der Waals surface area (Å²) in [5, 5.41) is 9.23. The van der Waals surface area contributed by atoms with Gasteiger partial charge in [0.05, 0.1) is 12.3 Å². The summed E-state index contributed by atoms with van der Waals surface area (Å²) in [6.45, 7) is 4.52. The summed E-state index contributed by atoms with van der Waals surface area (Å²) in [7, 11) is 0. The first-order chi connectivity index (χ1) is 23.0. The van der Waals surface area contributed by atoms with E-state index in [1.54, 1.807) is 6.08 Å². The molecule has 274 valence electrons. The number of allylic oxidation sites excluding steroid dienone is 3. The normalized spacial score (nSPS) is 12.3. The fraction of sp³-hybridized carbons (Fsp3) is 0.833. The highest BCUT2D eigenvalue weighted by Crippen LogP contribution is 2.16. The number of aliphatic carboxylic acids is 1. The lowest BCUT2D eigenvalue weighted by Crippen LogP contribution is -2.22. The van der Waals surface area contributed by atoms with Crippen LogP contribution in [0.1, 0.15) is 219 Å². The van der Waals surface area contributed by atoms with E-state index in [0.717, 1.165) is 32.1 Å². The van der Waals surface area contributed by atoms with Gasteiger partial charge in [-0.25, -0.2) is 0 Å². The molecule has 0 aliphatic carbocycles. The van der Waals surface area contributed by atoms with E-state index in [1.165, 1.54) is 154 Å². The largest absolute Gasteiger partial charge is 0.481 e. The zero-order chi connectivity index (χ0) is 34.5. The van der Waals surface area contributed by atoms with Crippen LogP contribution in [0.3, 0.4) is 0 Å². The highest BCUT2D eigenvalue weighted by Gasteiger charge is 2.23. The molecule has 0 saturated carbocycles. The third-order valence-corrected chi connectivity index (χ3v) is 9.15. The number of hydrogen-bond acceptors (Lipinski definition) is 4. The topological polar surface area (TPSA) is 80.7 Å². The molecule has 0 amide bonds. The lowest BCUT2D eigenvalue weighted by Gasteiger charge is -2.09. The first-order valence-corrected chi connectivity index (χ1v) is 20.3. The number of esters is 2. The monoisotopic (exact) mass is 661 g/mol. The molecule has 0 aromatic rings. The maximum absolute atomic E-state index is 12.5. The van der Waals surface area contributed by atoms with E-state index in [9.17, 15) is 19.5 Å². The predicted octanol–water partition coefficient (Wildman–Crippen LogP) is 13.4. The minimum Gasteiger partial charge on any atom is -0.481 e. The number of hydrogen-bond donors (Lipinski definition) is 1. The first-order valence-electron chi connectivity index (χ1n) is 20.3. The highest BCUT2D eigenvalue weighted by atomic mass is 16.6. The number of carboxylic acids is 1. The zero-order valence-corrected chi connectivity index (χ0v) is 31.1. The van der Waals surface area contributed by atoms with Gasteiger partial charge in [-0.15, -0.1) is 0 Å². The van der Waals surface area contributed by atoms with Crippen molar-refractivity contribution in [2.45, 2.75) is 219 Å². The molecule has 1 unspecified atom stereocenters. The van der Waals surface area contributed by atoms with E-state index in [2.05, 4.69) is 26.0 Å². The molecule has 0 bridgehead atoms. The molecule has 0 heterocycles. The molecular formula is C42H76O5. The van der Waals surface area contributed by atoms with Crippen molar-refractivity contribution in [2.24, 2.45) is 5.92 Å². The Bertz CT molecular complexity index is 771. The second-order valence-electron chi connectivity index (χ2n) is 13.9. The van der Waals surface area contributed by atoms with Crippen molar-refractivity contribution in [2.75, 3.05) is 0 Å². The second-order valence-corrected chi connectivity index (χ2v) is 13.9. The van der Waals surface area contributed by atoms with Crippen LogP contribution in [0.25, 0.3) is 0 Å². The van der Waals surface area contributed by atoms with Crippen LogP contribution < -0.4 is 0 Å². The number of carbonyl (C=O) groups is 3. The Balaban J connectivity index is 3.78. The summed E-state index contributed by atoms with van der Waals surface area (Å²) in [6, 6.07) is 0. The van der Waals surface area contributed by atoms with Crippen molar-refractivity contribution < 1.29 is 24.2 Å². The van der Waals surface area contributed by atoms with Crippen molar-refractivity contribution in [1.82, 2.24) is 0 Å². The van der Waals surface area contributed by atoms with E-state index in [-0.39, 0.29) is 12.8 Å². The quantitative estimate of drug-likeness (QED) is 0.0313. The Kier molecular flexibility index (Phi) is 35.4. The van der Waals surface area contributed by atoms with Gasteiger partial charge in [0.15, 0.2) is 0 Å². The molecule has 0 aliphatic rings. The molecule has 0 rings (SSSR count). The van der Waals surface area contributed by atoms with Crippen molar-refractivity contribution in [3.05, 3.63) is 24.3 Å². The Morgan fingerprint density at radius 2 is 0.830 bits per heavy atom. The van der Waals surface area contributed by atoms with Crippen LogP contribution in [0.4, 0.5) is 0 Å². The van der Waals surface area contributed by atoms with Crippen LogP contribution in [-0.2, 0) is 19.1 Å². The Labute approximate surface area is 291 Å². The fourth-order valence-corrected chi connectivity index (χ4v) is 6.07. The van der Waals surface area contributed by atoms with Gasteiger partial charge in [0.1, 0.15) is 0 Å². The molecule has 0 aromatic carbocycles. The summed E-state index contributed by atoms with van der Waals surface area (Å²) >= 11 is 0. The maximum atomic E-state index is 12.5. The van der Waals surface area contributed by atoms with Crippen LogP contribution in [0.15, 0.2) is 24.3 Å². The van der Waals surface area contributed by atoms with Gasteiger partial charge >= 0.3 is 17.9 Å². The van der Waals surface area contributed by atoms with Gasteiger partial charge in [0.25, 0.3) is 0 Å². The molecule has 5 nitrogen and oxygen atoms in total. The van der Waals surface area contributed by atoms with Crippen LogP contribution in [0, 0.1) is 5.92 Å². The van der Waals surface area contributed by atoms with Crippen molar-refractivity contribution in [3.63, 3.8) is 0 Å². The third-order valence-electron chi connectivity index (χ3n) is 9.15. The van der Waals surface area contributed by atoms with E-state index in [1.807, 2.05) is 6.08 Å². The number of rotatable bonds is 36. The Hall–Kier alpha value is -1.91. The maximum Gasteiger partial charge on any atom is 0.321 e. The van der Waals surface area contributed by atoms with Crippen LogP contribution in [-0.4, -0.2) is 23.0 Å². The third kappa shape index (κ3) is 35.2. The standard InChI is InChI=1S/C42H76O5/c1-3-5-7-9-11-13-15-17-19-20-21-22-23-25-27-29-31-33-35-37-41(45)47-42(46)39(38-40(43)44)36-34-32-30-28-26-24-18-16-14-12-10-8-6-4-2/h17,19,34,36,39H,3-16,18,20-33,35,37-38H2,1-2H3,(H,43,44). The smallest absolute Gasteiger partial charge is 0.321 e. The molecular weight excluding hydrogens is 584 g/mol. The number of carbonyl (C=O) groups excluding carboxylic acids is 2. The predicted molar refractivity (Wildman–Crippen MR) is 200 cm³/mol. The van der Waals surface area contributed by atoms with Crippen LogP contribution in [0.5, 0.6) is 0 Å². The summed E-state index contributed by atoms with van der Waals surface area (Å²) in [6.07, 6.45) is 45.3. The Morgan fingerprint density at radius 3 is 1.21 bits per heavy atom. The lowest BCUT2D eigenvalue weighted by molar-refractivity contribution is -0.163. The van der Waals surface area contributed by atoms with Gasteiger partial charge in [-0.3, -0.25) is 14.4 Å². The van der Waals surface area contributed by atoms with E-state index < -0.39 is 23.8 Å². The Morgan fingerprint density at radius 1 is 0.489 bits per heavy atom. The molecule has 0 spiro atoms. The highest BCUT2D eigenvalue weighted by molar-refractivity contribution is 5.89. The van der Waals surface area contributed by atoms with Gasteiger partial charge in [0, 0.05) is 6.42 Å². The van der Waals surface area contributed by atoms with Crippen LogP contribution in [0.2, 0.25) is 0 Å². The minimum absolute atomic E-state index is 0.209. The molecule has 1 atom stereocenters. The van der Waals surface area contributed by atoms with Gasteiger partial charge in [-0.2, -0.15) is 0 Å². The molecule has 0 fully saturated rings. The van der Waals surface area contributed by atoms with Gasteiger partial charge in [0.2, 0.25) is 0 Å². The molecule has 0 saturated heterocycles. The fourth-order valence-electron chi connectivity index (χ4n) is 6.07. The molecule has 0 aromatic heterocycles. The number of ether oxygens (including phenoxy) is 1. The van der Waals surface area contributed by atoms with E-state index in [0.29, 0.717) is 6.42 Å². The zero-order valence-electron chi connectivity index (χ0n) is 31.1. The minimum atomic E-state index is -1.06. The van der Waals surface area contributed by atoms with E-state index >= 15 is 0 Å². The van der Waals surface area contributed by atoms with Crippen molar-refractivity contribution >= 4 is 17.9 Å². The van der Waals surface area contributed by atoms with Gasteiger partial charge in [-0.1, -0.05) is 186 Å². The molecule has 0 aliphatic heterocycles. The SMILES string of the molecule is CCCCCCCCC=CCCCCCCCCCCCC(=O)OC(=O)C(C=CCCCCCCCCCCCCCC)CC(=O)O. The summed E-state index contributed by atoms with van der Waals surface area (Å²) in [4.78, 5) is 36.0. The molecule has 47 heavy (non-hydrogen) atoms. The second kappa shape index (κ2) is 36.9. The van der Waals surface area contributed by atoms with Crippen LogP contribution >= 0.6 is 0 Å². The molecule has 5 heteroatoms. The molecule has 1 N–H and O–H groups in total.